The highest BCUT2D eigenvalue weighted by atomic mass is 16.5. The van der Waals surface area contributed by atoms with E-state index in [9.17, 15) is 0 Å². The van der Waals surface area contributed by atoms with Gasteiger partial charge in [0.05, 0.1) is 6.54 Å². The standard InChI is InChI=1S/C5H10N2O/c1-4-2-7-3-5(6)8-4/h4,6-7H,2-3H2,1H3. The molecule has 2 N–H and O–H groups in total. The molecule has 0 aromatic rings. The Labute approximate surface area is 48.5 Å². The maximum atomic E-state index is 7.03. The number of ether oxygens (including phenoxy) is 1. The molecular formula is C5H10N2O. The van der Waals surface area contributed by atoms with Crippen molar-refractivity contribution in [3.8, 4) is 0 Å². The number of morpholine rings is 1. The molecule has 3 heteroatoms. The Kier molecular flexibility index (Phi) is 1.48. The molecule has 1 saturated heterocycles. The molecule has 1 rings (SSSR count). The van der Waals surface area contributed by atoms with E-state index >= 15 is 0 Å². The van der Waals surface area contributed by atoms with Gasteiger partial charge in [-0.25, -0.2) is 0 Å². The van der Waals surface area contributed by atoms with E-state index in [1.54, 1.807) is 0 Å². The molecule has 3 nitrogen and oxygen atoms in total. The predicted molar refractivity (Wildman–Crippen MR) is 31.1 cm³/mol. The van der Waals surface area contributed by atoms with Crippen molar-refractivity contribution >= 4 is 5.90 Å². The number of nitrogens with one attached hydrogen (secondary N) is 2. The van der Waals surface area contributed by atoms with Gasteiger partial charge in [0.15, 0.2) is 5.90 Å². The summed E-state index contributed by atoms with van der Waals surface area (Å²) in [4.78, 5) is 0. The molecule has 0 aliphatic carbocycles. The van der Waals surface area contributed by atoms with Crippen molar-refractivity contribution in [3.05, 3.63) is 0 Å². The fourth-order valence-electron chi connectivity index (χ4n) is 0.715. The summed E-state index contributed by atoms with van der Waals surface area (Å²) in [6.45, 7) is 3.40. The van der Waals surface area contributed by atoms with Crippen LogP contribution in [0.3, 0.4) is 0 Å². The number of rotatable bonds is 0. The SMILES string of the molecule is CC1CNCC(=N)O1. The zero-order valence-corrected chi connectivity index (χ0v) is 4.90. The van der Waals surface area contributed by atoms with Gasteiger partial charge in [0.1, 0.15) is 6.10 Å². The first kappa shape index (κ1) is 5.56. The highest BCUT2D eigenvalue weighted by Crippen LogP contribution is 1.93. The molecule has 0 spiro atoms. The fourth-order valence-corrected chi connectivity index (χ4v) is 0.715. The summed E-state index contributed by atoms with van der Waals surface area (Å²) in [5.74, 6) is 0.351. The first-order valence-corrected chi connectivity index (χ1v) is 2.74. The molecule has 1 heterocycles. The van der Waals surface area contributed by atoms with E-state index in [0.29, 0.717) is 12.4 Å². The van der Waals surface area contributed by atoms with Crippen molar-refractivity contribution in [1.82, 2.24) is 5.32 Å². The Morgan fingerprint density at radius 3 is 3.00 bits per heavy atom. The van der Waals surface area contributed by atoms with Gasteiger partial charge in [-0.1, -0.05) is 0 Å². The second-order valence-electron chi connectivity index (χ2n) is 1.98. The van der Waals surface area contributed by atoms with Crippen molar-refractivity contribution in [2.75, 3.05) is 13.1 Å². The largest absolute Gasteiger partial charge is 0.476 e. The van der Waals surface area contributed by atoms with Gasteiger partial charge in [0.25, 0.3) is 0 Å². The minimum atomic E-state index is 0.177. The molecule has 0 saturated carbocycles. The molecule has 0 aromatic carbocycles. The van der Waals surface area contributed by atoms with Crippen LogP contribution in [-0.2, 0) is 4.74 Å². The van der Waals surface area contributed by atoms with Crippen LogP contribution >= 0.6 is 0 Å². The van der Waals surface area contributed by atoms with Gasteiger partial charge in [-0.05, 0) is 6.92 Å². The Hall–Kier alpha value is -0.570. The lowest BCUT2D eigenvalue weighted by Gasteiger charge is -2.20. The second kappa shape index (κ2) is 2.13. The van der Waals surface area contributed by atoms with Crippen LogP contribution in [0.1, 0.15) is 6.92 Å². The minimum Gasteiger partial charge on any atom is -0.476 e. The van der Waals surface area contributed by atoms with E-state index in [1.807, 2.05) is 6.92 Å². The quantitative estimate of drug-likeness (QED) is 0.464. The molecule has 46 valence electrons. The van der Waals surface area contributed by atoms with Gasteiger partial charge in [-0.3, -0.25) is 5.41 Å². The van der Waals surface area contributed by atoms with Crippen LogP contribution in [-0.4, -0.2) is 25.1 Å². The van der Waals surface area contributed by atoms with E-state index < -0.39 is 0 Å². The highest BCUT2D eigenvalue weighted by molar-refractivity contribution is 5.75. The summed E-state index contributed by atoms with van der Waals surface area (Å²) < 4.78 is 5.01. The predicted octanol–water partition coefficient (Wildman–Crippen LogP) is -0.0280. The molecule has 1 atom stereocenters. The van der Waals surface area contributed by atoms with Crippen LogP contribution in [0.15, 0.2) is 0 Å². The van der Waals surface area contributed by atoms with Crippen molar-refractivity contribution in [2.24, 2.45) is 0 Å². The summed E-state index contributed by atoms with van der Waals surface area (Å²) >= 11 is 0. The van der Waals surface area contributed by atoms with Crippen LogP contribution < -0.4 is 5.32 Å². The summed E-state index contributed by atoms with van der Waals surface area (Å²) in [6, 6.07) is 0. The van der Waals surface area contributed by atoms with E-state index in [-0.39, 0.29) is 6.10 Å². The Balaban J connectivity index is 2.34. The molecule has 1 aliphatic heterocycles. The first-order chi connectivity index (χ1) is 3.79. The van der Waals surface area contributed by atoms with Gasteiger partial charge >= 0.3 is 0 Å². The topological polar surface area (TPSA) is 45.1 Å². The Bertz CT molecular complexity index is 103. The average molecular weight is 114 g/mol. The third-order valence-electron chi connectivity index (χ3n) is 1.06. The zero-order valence-electron chi connectivity index (χ0n) is 4.90. The van der Waals surface area contributed by atoms with Crippen LogP contribution in [0, 0.1) is 5.41 Å². The number of hydrogen-bond acceptors (Lipinski definition) is 3. The van der Waals surface area contributed by atoms with E-state index in [4.69, 9.17) is 10.1 Å². The Morgan fingerprint density at radius 2 is 2.62 bits per heavy atom. The van der Waals surface area contributed by atoms with Crippen molar-refractivity contribution in [3.63, 3.8) is 0 Å². The molecule has 1 aliphatic rings. The monoisotopic (exact) mass is 114 g/mol. The second-order valence-corrected chi connectivity index (χ2v) is 1.98. The summed E-state index contributed by atoms with van der Waals surface area (Å²) in [7, 11) is 0. The third kappa shape index (κ3) is 1.20. The molecule has 0 aromatic heterocycles. The summed E-state index contributed by atoms with van der Waals surface area (Å²) in [5, 5.41) is 10.1. The lowest BCUT2D eigenvalue weighted by Crippen LogP contribution is -2.39. The minimum absolute atomic E-state index is 0.177. The molecule has 8 heavy (non-hydrogen) atoms. The average Bonchev–Trinajstić information content (AvgIpc) is 1.64. The molecule has 1 fully saturated rings. The van der Waals surface area contributed by atoms with Gasteiger partial charge in [-0.15, -0.1) is 0 Å². The first-order valence-electron chi connectivity index (χ1n) is 2.74. The van der Waals surface area contributed by atoms with E-state index in [0.717, 1.165) is 6.54 Å². The van der Waals surface area contributed by atoms with Crippen molar-refractivity contribution < 1.29 is 4.74 Å². The smallest absolute Gasteiger partial charge is 0.195 e. The fraction of sp³-hybridized carbons (Fsp3) is 0.800. The van der Waals surface area contributed by atoms with Crippen molar-refractivity contribution in [1.29, 1.82) is 5.41 Å². The normalized spacial score (nSPS) is 29.6. The van der Waals surface area contributed by atoms with Crippen LogP contribution in [0.5, 0.6) is 0 Å². The molecule has 0 radical (unpaired) electrons. The number of hydrogen-bond donors (Lipinski definition) is 2. The molecular weight excluding hydrogens is 104 g/mol. The van der Waals surface area contributed by atoms with Gasteiger partial charge in [0.2, 0.25) is 0 Å². The maximum Gasteiger partial charge on any atom is 0.195 e. The molecule has 0 amide bonds. The lowest BCUT2D eigenvalue weighted by molar-refractivity contribution is 0.177. The van der Waals surface area contributed by atoms with Crippen LogP contribution in [0.2, 0.25) is 0 Å². The van der Waals surface area contributed by atoms with Gasteiger partial charge in [-0.2, -0.15) is 0 Å². The van der Waals surface area contributed by atoms with Crippen molar-refractivity contribution in [2.45, 2.75) is 13.0 Å². The van der Waals surface area contributed by atoms with Gasteiger partial charge in [0, 0.05) is 6.54 Å². The lowest BCUT2D eigenvalue weighted by atomic mass is 10.3. The van der Waals surface area contributed by atoms with Crippen LogP contribution in [0.4, 0.5) is 0 Å². The Morgan fingerprint density at radius 1 is 1.88 bits per heavy atom. The molecule has 1 unspecified atom stereocenters. The zero-order chi connectivity index (χ0) is 5.98. The van der Waals surface area contributed by atoms with Gasteiger partial charge < -0.3 is 10.1 Å². The maximum absolute atomic E-state index is 7.03. The van der Waals surface area contributed by atoms with Crippen LogP contribution in [0.25, 0.3) is 0 Å². The van der Waals surface area contributed by atoms with E-state index in [1.165, 1.54) is 0 Å². The third-order valence-corrected chi connectivity index (χ3v) is 1.06. The summed E-state index contributed by atoms with van der Waals surface area (Å²) in [6.07, 6.45) is 0.177. The molecule has 0 bridgehead atoms. The highest BCUT2D eigenvalue weighted by Gasteiger charge is 2.10. The summed E-state index contributed by atoms with van der Waals surface area (Å²) in [5.41, 5.74) is 0. The van der Waals surface area contributed by atoms with E-state index in [2.05, 4.69) is 5.32 Å².